The molecule has 0 heterocycles. The SMILES string of the molecule is CCCCC(CC)COC(C)CCNCCC. The molecule has 0 saturated heterocycles. The highest BCUT2D eigenvalue weighted by Gasteiger charge is 2.08. The van der Waals surface area contributed by atoms with Crippen molar-refractivity contribution >= 4 is 0 Å². The maximum absolute atomic E-state index is 5.93. The van der Waals surface area contributed by atoms with Gasteiger partial charge in [-0.05, 0) is 45.2 Å². The quantitative estimate of drug-likeness (QED) is 0.523. The summed E-state index contributed by atoms with van der Waals surface area (Å²) >= 11 is 0. The Kier molecular flexibility index (Phi) is 12.3. The van der Waals surface area contributed by atoms with Crippen LogP contribution in [0.15, 0.2) is 0 Å². The van der Waals surface area contributed by atoms with Crippen LogP contribution in [-0.2, 0) is 4.74 Å². The minimum absolute atomic E-state index is 0.398. The molecule has 17 heavy (non-hydrogen) atoms. The van der Waals surface area contributed by atoms with Gasteiger partial charge in [0.2, 0.25) is 0 Å². The van der Waals surface area contributed by atoms with Crippen LogP contribution >= 0.6 is 0 Å². The Morgan fingerprint density at radius 1 is 1.00 bits per heavy atom. The van der Waals surface area contributed by atoms with Crippen LogP contribution < -0.4 is 5.32 Å². The van der Waals surface area contributed by atoms with Crippen molar-refractivity contribution in [3.05, 3.63) is 0 Å². The smallest absolute Gasteiger partial charge is 0.0559 e. The van der Waals surface area contributed by atoms with Crippen molar-refractivity contribution in [1.82, 2.24) is 5.32 Å². The molecule has 0 aliphatic carbocycles. The summed E-state index contributed by atoms with van der Waals surface area (Å²) in [5.41, 5.74) is 0. The van der Waals surface area contributed by atoms with Crippen LogP contribution in [0.4, 0.5) is 0 Å². The summed E-state index contributed by atoms with van der Waals surface area (Å²) in [6.07, 6.45) is 7.96. The van der Waals surface area contributed by atoms with Crippen LogP contribution in [0.25, 0.3) is 0 Å². The van der Waals surface area contributed by atoms with E-state index in [-0.39, 0.29) is 0 Å². The molecule has 0 bridgehead atoms. The molecule has 104 valence electrons. The molecule has 2 nitrogen and oxygen atoms in total. The van der Waals surface area contributed by atoms with Crippen LogP contribution in [0.5, 0.6) is 0 Å². The molecular formula is C15H33NO. The second kappa shape index (κ2) is 12.4. The predicted molar refractivity (Wildman–Crippen MR) is 76.5 cm³/mol. The maximum Gasteiger partial charge on any atom is 0.0559 e. The average Bonchev–Trinajstić information content (AvgIpc) is 2.35. The molecule has 0 amide bonds. The van der Waals surface area contributed by atoms with Crippen molar-refractivity contribution in [2.75, 3.05) is 19.7 Å². The largest absolute Gasteiger partial charge is 0.378 e. The van der Waals surface area contributed by atoms with Gasteiger partial charge in [0.25, 0.3) is 0 Å². The average molecular weight is 243 g/mol. The highest BCUT2D eigenvalue weighted by molar-refractivity contribution is 4.59. The fraction of sp³-hybridized carbons (Fsp3) is 1.00. The van der Waals surface area contributed by atoms with Crippen LogP contribution in [-0.4, -0.2) is 25.8 Å². The normalized spacial score (nSPS) is 14.8. The lowest BCUT2D eigenvalue weighted by molar-refractivity contribution is 0.0322. The summed E-state index contributed by atoms with van der Waals surface area (Å²) < 4.78 is 5.93. The molecule has 2 heteroatoms. The lowest BCUT2D eigenvalue weighted by Crippen LogP contribution is -2.23. The number of hydrogen-bond acceptors (Lipinski definition) is 2. The van der Waals surface area contributed by atoms with Gasteiger partial charge in [-0.2, -0.15) is 0 Å². The molecule has 2 unspecified atom stereocenters. The van der Waals surface area contributed by atoms with E-state index in [1.165, 1.54) is 32.1 Å². The van der Waals surface area contributed by atoms with Gasteiger partial charge in [-0.1, -0.05) is 40.0 Å². The monoisotopic (exact) mass is 243 g/mol. The van der Waals surface area contributed by atoms with Crippen molar-refractivity contribution in [2.24, 2.45) is 5.92 Å². The van der Waals surface area contributed by atoms with Gasteiger partial charge in [0.1, 0.15) is 0 Å². The van der Waals surface area contributed by atoms with E-state index >= 15 is 0 Å². The van der Waals surface area contributed by atoms with Crippen molar-refractivity contribution < 1.29 is 4.74 Å². The lowest BCUT2D eigenvalue weighted by atomic mass is 10.0. The first-order valence-corrected chi connectivity index (χ1v) is 7.56. The summed E-state index contributed by atoms with van der Waals surface area (Å²) in [4.78, 5) is 0. The van der Waals surface area contributed by atoms with Crippen LogP contribution in [0.1, 0.15) is 66.2 Å². The van der Waals surface area contributed by atoms with Crippen molar-refractivity contribution in [2.45, 2.75) is 72.3 Å². The van der Waals surface area contributed by atoms with E-state index in [2.05, 4.69) is 33.0 Å². The molecule has 0 aromatic rings. The molecule has 0 aromatic carbocycles. The Morgan fingerprint density at radius 3 is 2.35 bits per heavy atom. The van der Waals surface area contributed by atoms with Crippen molar-refractivity contribution in [3.63, 3.8) is 0 Å². The fourth-order valence-electron chi connectivity index (χ4n) is 1.89. The highest BCUT2D eigenvalue weighted by atomic mass is 16.5. The second-order valence-electron chi connectivity index (χ2n) is 5.10. The summed E-state index contributed by atoms with van der Waals surface area (Å²) in [6.45, 7) is 12.1. The zero-order chi connectivity index (χ0) is 12.9. The minimum Gasteiger partial charge on any atom is -0.378 e. The Balaban J connectivity index is 3.48. The number of nitrogens with one attached hydrogen (secondary N) is 1. The zero-order valence-electron chi connectivity index (χ0n) is 12.4. The van der Waals surface area contributed by atoms with E-state index in [0.717, 1.165) is 32.0 Å². The van der Waals surface area contributed by atoms with E-state index in [0.29, 0.717) is 6.10 Å². The third kappa shape index (κ3) is 10.8. The molecule has 2 atom stereocenters. The van der Waals surface area contributed by atoms with Crippen LogP contribution in [0.2, 0.25) is 0 Å². The number of ether oxygens (including phenoxy) is 1. The Labute approximate surface area is 109 Å². The van der Waals surface area contributed by atoms with Gasteiger partial charge < -0.3 is 10.1 Å². The van der Waals surface area contributed by atoms with Crippen LogP contribution in [0, 0.1) is 5.92 Å². The first-order chi connectivity index (χ1) is 8.24. The van der Waals surface area contributed by atoms with Gasteiger partial charge >= 0.3 is 0 Å². The summed E-state index contributed by atoms with van der Waals surface area (Å²) in [5.74, 6) is 0.765. The molecule has 0 fully saturated rings. The minimum atomic E-state index is 0.398. The first kappa shape index (κ1) is 16.9. The fourth-order valence-corrected chi connectivity index (χ4v) is 1.89. The molecule has 0 spiro atoms. The first-order valence-electron chi connectivity index (χ1n) is 7.56. The Hall–Kier alpha value is -0.0800. The molecule has 1 N–H and O–H groups in total. The van der Waals surface area contributed by atoms with Gasteiger partial charge in [0, 0.05) is 6.61 Å². The summed E-state index contributed by atoms with van der Waals surface area (Å²) in [5, 5.41) is 3.42. The van der Waals surface area contributed by atoms with Crippen molar-refractivity contribution in [3.8, 4) is 0 Å². The highest BCUT2D eigenvalue weighted by Crippen LogP contribution is 2.14. The Bertz CT molecular complexity index is 150. The molecular weight excluding hydrogens is 210 g/mol. The number of rotatable bonds is 12. The van der Waals surface area contributed by atoms with Gasteiger partial charge in [0.15, 0.2) is 0 Å². The molecule has 0 rings (SSSR count). The van der Waals surface area contributed by atoms with E-state index in [4.69, 9.17) is 4.74 Å². The van der Waals surface area contributed by atoms with Gasteiger partial charge in [-0.25, -0.2) is 0 Å². The zero-order valence-corrected chi connectivity index (χ0v) is 12.4. The number of unbranched alkanes of at least 4 members (excludes halogenated alkanes) is 1. The van der Waals surface area contributed by atoms with E-state index in [9.17, 15) is 0 Å². The van der Waals surface area contributed by atoms with Crippen LogP contribution in [0.3, 0.4) is 0 Å². The third-order valence-electron chi connectivity index (χ3n) is 3.31. The van der Waals surface area contributed by atoms with Gasteiger partial charge in [-0.3, -0.25) is 0 Å². The lowest BCUT2D eigenvalue weighted by Gasteiger charge is -2.19. The molecule has 0 saturated carbocycles. The third-order valence-corrected chi connectivity index (χ3v) is 3.31. The summed E-state index contributed by atoms with van der Waals surface area (Å²) in [7, 11) is 0. The standard InChI is InChI=1S/C15H33NO/c1-5-8-9-15(7-3)13-17-14(4)10-12-16-11-6-2/h14-16H,5-13H2,1-4H3. The molecule has 0 aliphatic rings. The van der Waals surface area contributed by atoms with E-state index in [1.807, 2.05) is 0 Å². The maximum atomic E-state index is 5.93. The van der Waals surface area contributed by atoms with Gasteiger partial charge in [0.05, 0.1) is 6.10 Å². The predicted octanol–water partition coefficient (Wildman–Crippen LogP) is 4.00. The van der Waals surface area contributed by atoms with E-state index < -0.39 is 0 Å². The molecule has 0 aromatic heterocycles. The van der Waals surface area contributed by atoms with E-state index in [1.54, 1.807) is 0 Å². The number of hydrogen-bond donors (Lipinski definition) is 1. The topological polar surface area (TPSA) is 21.3 Å². The second-order valence-corrected chi connectivity index (χ2v) is 5.10. The molecule has 0 radical (unpaired) electrons. The Morgan fingerprint density at radius 2 is 1.76 bits per heavy atom. The summed E-state index contributed by atoms with van der Waals surface area (Å²) in [6, 6.07) is 0. The van der Waals surface area contributed by atoms with Gasteiger partial charge in [-0.15, -0.1) is 0 Å². The molecule has 0 aliphatic heterocycles. The van der Waals surface area contributed by atoms with Crippen molar-refractivity contribution in [1.29, 1.82) is 0 Å².